The molecule has 1 aliphatic heterocycles. The van der Waals surface area contributed by atoms with E-state index < -0.39 is 25.3 Å². The molecule has 2 heterocycles. The van der Waals surface area contributed by atoms with E-state index in [1.807, 2.05) is 0 Å². The number of rotatable bonds is 6. The van der Waals surface area contributed by atoms with Crippen LogP contribution >= 0.6 is 0 Å². The van der Waals surface area contributed by atoms with Crippen LogP contribution in [0.5, 0.6) is 0 Å². The maximum absolute atomic E-state index is 11.8. The van der Waals surface area contributed by atoms with Crippen LogP contribution in [-0.4, -0.2) is 47.8 Å². The van der Waals surface area contributed by atoms with Gasteiger partial charge in [-0.25, -0.2) is 0 Å². The van der Waals surface area contributed by atoms with E-state index in [1.165, 1.54) is 6.20 Å². The third-order valence-corrected chi connectivity index (χ3v) is 2.83. The third-order valence-electron chi connectivity index (χ3n) is 2.83. The van der Waals surface area contributed by atoms with Crippen LogP contribution in [0.1, 0.15) is 12.8 Å². The average molecular weight is 307 g/mol. The van der Waals surface area contributed by atoms with E-state index in [9.17, 15) is 18.0 Å². The molecule has 0 bridgehead atoms. The molecule has 1 N–H and O–H groups in total. The number of halogens is 3. The Hall–Kier alpha value is -1.61. The predicted molar refractivity (Wildman–Crippen MR) is 66.7 cm³/mol. The lowest BCUT2D eigenvalue weighted by molar-refractivity contribution is -0.174. The van der Waals surface area contributed by atoms with Gasteiger partial charge in [0.2, 0.25) is 5.91 Å². The first-order chi connectivity index (χ1) is 9.92. The van der Waals surface area contributed by atoms with Crippen molar-refractivity contribution in [3.63, 3.8) is 0 Å². The molecule has 2 rings (SSSR count). The minimum Gasteiger partial charge on any atom is -0.376 e. The summed E-state index contributed by atoms with van der Waals surface area (Å²) in [5, 5.41) is 6.47. The van der Waals surface area contributed by atoms with Gasteiger partial charge in [0.05, 0.1) is 24.5 Å². The van der Waals surface area contributed by atoms with Gasteiger partial charge in [-0.1, -0.05) is 0 Å². The molecular weight excluding hydrogens is 291 g/mol. The second kappa shape index (κ2) is 6.90. The summed E-state index contributed by atoms with van der Waals surface area (Å²) in [5.74, 6) is -0.657. The van der Waals surface area contributed by atoms with Gasteiger partial charge >= 0.3 is 6.18 Å². The van der Waals surface area contributed by atoms with Gasteiger partial charge in [0.25, 0.3) is 0 Å². The van der Waals surface area contributed by atoms with Crippen molar-refractivity contribution in [2.45, 2.75) is 31.7 Å². The number of anilines is 1. The summed E-state index contributed by atoms with van der Waals surface area (Å²) in [6.45, 7) is -0.776. The highest BCUT2D eigenvalue weighted by atomic mass is 19.4. The normalized spacial score (nSPS) is 18.9. The molecule has 1 atom stereocenters. The molecule has 118 valence electrons. The molecule has 1 fully saturated rings. The topological polar surface area (TPSA) is 65.4 Å². The molecule has 0 aromatic carbocycles. The molecule has 0 saturated carbocycles. The van der Waals surface area contributed by atoms with Crippen LogP contribution in [0.2, 0.25) is 0 Å². The standard InChI is InChI=1S/C12H16F3N3O3/c13-12(14,15)8-20-7-11(19)17-9-4-16-18(5-9)6-10-2-1-3-21-10/h4-5,10H,1-3,6-8H2,(H,17,19). The van der Waals surface area contributed by atoms with Crippen molar-refractivity contribution in [2.24, 2.45) is 0 Å². The van der Waals surface area contributed by atoms with Crippen molar-refractivity contribution in [1.29, 1.82) is 0 Å². The fourth-order valence-electron chi connectivity index (χ4n) is 1.98. The molecule has 6 nitrogen and oxygen atoms in total. The van der Waals surface area contributed by atoms with Crippen LogP contribution in [-0.2, 0) is 20.8 Å². The predicted octanol–water partition coefficient (Wildman–Crippen LogP) is 1.58. The quantitative estimate of drug-likeness (QED) is 0.866. The van der Waals surface area contributed by atoms with Crippen molar-refractivity contribution in [1.82, 2.24) is 9.78 Å². The lowest BCUT2D eigenvalue weighted by Crippen LogP contribution is -2.23. The number of nitrogens with one attached hydrogen (secondary N) is 1. The van der Waals surface area contributed by atoms with E-state index >= 15 is 0 Å². The number of ether oxygens (including phenoxy) is 2. The summed E-state index contributed by atoms with van der Waals surface area (Å²) in [5.41, 5.74) is 0.411. The summed E-state index contributed by atoms with van der Waals surface area (Å²) >= 11 is 0. The molecule has 1 aromatic heterocycles. The number of alkyl halides is 3. The molecule has 0 spiro atoms. The molecule has 0 aliphatic carbocycles. The lowest BCUT2D eigenvalue weighted by Gasteiger charge is -2.08. The Kier molecular flexibility index (Phi) is 5.18. The number of nitrogens with zero attached hydrogens (tertiary/aromatic N) is 2. The number of aromatic nitrogens is 2. The molecule has 0 radical (unpaired) electrons. The van der Waals surface area contributed by atoms with Crippen LogP contribution < -0.4 is 5.32 Å². The minimum atomic E-state index is -4.44. The number of carbonyl (C=O) groups excluding carboxylic acids is 1. The van der Waals surface area contributed by atoms with Gasteiger partial charge in [0, 0.05) is 12.8 Å². The van der Waals surface area contributed by atoms with Gasteiger partial charge in [-0.15, -0.1) is 0 Å². The number of hydrogen-bond acceptors (Lipinski definition) is 4. The zero-order valence-electron chi connectivity index (χ0n) is 11.2. The SMILES string of the molecule is O=C(COCC(F)(F)F)Nc1cnn(CC2CCCO2)c1. The fraction of sp³-hybridized carbons (Fsp3) is 0.667. The molecule has 1 aliphatic rings. The highest BCUT2D eigenvalue weighted by Gasteiger charge is 2.27. The first kappa shape index (κ1) is 15.8. The number of amides is 1. The Balaban J connectivity index is 1.72. The van der Waals surface area contributed by atoms with Gasteiger partial charge < -0.3 is 14.8 Å². The highest BCUT2D eigenvalue weighted by Crippen LogP contribution is 2.15. The smallest absolute Gasteiger partial charge is 0.376 e. The van der Waals surface area contributed by atoms with Crippen molar-refractivity contribution in [3.8, 4) is 0 Å². The third kappa shape index (κ3) is 5.72. The van der Waals surface area contributed by atoms with Crippen molar-refractivity contribution in [3.05, 3.63) is 12.4 Å². The Labute approximate surface area is 119 Å². The zero-order chi connectivity index (χ0) is 15.3. The maximum Gasteiger partial charge on any atom is 0.411 e. The lowest BCUT2D eigenvalue weighted by atomic mass is 10.2. The van der Waals surface area contributed by atoms with Gasteiger partial charge in [0.1, 0.15) is 13.2 Å². The molecule has 1 aromatic rings. The first-order valence-corrected chi connectivity index (χ1v) is 6.51. The van der Waals surface area contributed by atoms with Crippen molar-refractivity contribution >= 4 is 11.6 Å². The van der Waals surface area contributed by atoms with E-state index in [0.29, 0.717) is 12.2 Å². The molecule has 1 saturated heterocycles. The van der Waals surface area contributed by atoms with E-state index in [4.69, 9.17) is 4.74 Å². The van der Waals surface area contributed by atoms with Crippen molar-refractivity contribution in [2.75, 3.05) is 25.1 Å². The van der Waals surface area contributed by atoms with E-state index in [0.717, 1.165) is 19.4 Å². The summed E-state index contributed by atoms with van der Waals surface area (Å²) in [6.07, 6.45) is 0.689. The molecule has 1 amide bonds. The van der Waals surface area contributed by atoms with Crippen LogP contribution in [0, 0.1) is 0 Å². The zero-order valence-corrected chi connectivity index (χ0v) is 11.2. The monoisotopic (exact) mass is 307 g/mol. The maximum atomic E-state index is 11.8. The van der Waals surface area contributed by atoms with Gasteiger partial charge in [-0.05, 0) is 12.8 Å². The van der Waals surface area contributed by atoms with Crippen LogP contribution in [0.3, 0.4) is 0 Å². The highest BCUT2D eigenvalue weighted by molar-refractivity contribution is 5.91. The fourth-order valence-corrected chi connectivity index (χ4v) is 1.98. The molecule has 21 heavy (non-hydrogen) atoms. The van der Waals surface area contributed by atoms with Crippen LogP contribution in [0.4, 0.5) is 18.9 Å². The minimum absolute atomic E-state index is 0.114. The van der Waals surface area contributed by atoms with E-state index in [-0.39, 0.29) is 6.10 Å². The Morgan fingerprint density at radius 1 is 1.57 bits per heavy atom. The van der Waals surface area contributed by atoms with E-state index in [1.54, 1.807) is 10.9 Å². The summed E-state index contributed by atoms with van der Waals surface area (Å²) < 4.78 is 46.9. The first-order valence-electron chi connectivity index (χ1n) is 6.51. The Morgan fingerprint density at radius 2 is 2.38 bits per heavy atom. The number of hydrogen-bond donors (Lipinski definition) is 1. The average Bonchev–Trinajstić information content (AvgIpc) is 3.00. The molecule has 9 heteroatoms. The Morgan fingerprint density at radius 3 is 3.05 bits per heavy atom. The van der Waals surface area contributed by atoms with E-state index in [2.05, 4.69) is 15.2 Å². The molecule has 1 unspecified atom stereocenters. The van der Waals surface area contributed by atoms with Crippen molar-refractivity contribution < 1.29 is 27.4 Å². The second-order valence-electron chi connectivity index (χ2n) is 4.74. The molecular formula is C12H16F3N3O3. The number of carbonyl (C=O) groups is 1. The summed E-state index contributed by atoms with van der Waals surface area (Å²) in [7, 11) is 0. The second-order valence-corrected chi connectivity index (χ2v) is 4.74. The van der Waals surface area contributed by atoms with Gasteiger partial charge in [0.15, 0.2) is 0 Å². The van der Waals surface area contributed by atoms with Crippen LogP contribution in [0.25, 0.3) is 0 Å². The summed E-state index contributed by atoms with van der Waals surface area (Å²) in [4.78, 5) is 11.4. The van der Waals surface area contributed by atoms with Crippen LogP contribution in [0.15, 0.2) is 12.4 Å². The largest absolute Gasteiger partial charge is 0.411 e. The Bertz CT molecular complexity index is 470. The van der Waals surface area contributed by atoms with Gasteiger partial charge in [-0.2, -0.15) is 18.3 Å². The summed E-state index contributed by atoms with van der Waals surface area (Å²) in [6, 6.07) is 0. The van der Waals surface area contributed by atoms with Gasteiger partial charge in [-0.3, -0.25) is 9.48 Å².